The molecule has 0 saturated heterocycles. The van der Waals surface area contributed by atoms with Crippen molar-refractivity contribution < 1.29 is 10.4 Å². The van der Waals surface area contributed by atoms with Gasteiger partial charge >= 0.3 is 0 Å². The molecule has 1 unspecified atom stereocenters. The number of hydrogen-bond donors (Lipinski definition) is 7. The zero-order valence-electron chi connectivity index (χ0n) is 17.7. The second-order valence-electron chi connectivity index (χ2n) is 8.05. The fourth-order valence-electron chi connectivity index (χ4n) is 3.66. The molecule has 0 fully saturated rings. The van der Waals surface area contributed by atoms with Crippen molar-refractivity contribution in [3.63, 3.8) is 0 Å². The maximum atomic E-state index is 9.11. The monoisotopic (exact) mass is 435 g/mol. The zero-order valence-corrected chi connectivity index (χ0v) is 17.7. The SMILES string of the molecule is CC(C)CCC(c1nc2cc(C(=N)NO)ccc2[nH]1)n1nnc2ccc(C(=N)NO)cc21. The van der Waals surface area contributed by atoms with Gasteiger partial charge in [0.15, 0.2) is 0 Å². The lowest BCUT2D eigenvalue weighted by Gasteiger charge is -2.17. The molecular formula is C21H25N9O2. The van der Waals surface area contributed by atoms with Crippen molar-refractivity contribution in [2.75, 3.05) is 0 Å². The number of nitrogens with zero attached hydrogens (tertiary/aromatic N) is 4. The van der Waals surface area contributed by atoms with Gasteiger partial charge in [0, 0.05) is 11.1 Å². The number of rotatable bonds is 7. The first-order valence-electron chi connectivity index (χ1n) is 10.2. The van der Waals surface area contributed by atoms with Crippen LogP contribution in [0.5, 0.6) is 0 Å². The van der Waals surface area contributed by atoms with Gasteiger partial charge in [0.05, 0.1) is 16.6 Å². The molecule has 166 valence electrons. The first-order valence-corrected chi connectivity index (χ1v) is 10.2. The van der Waals surface area contributed by atoms with E-state index < -0.39 is 0 Å². The van der Waals surface area contributed by atoms with E-state index in [1.54, 1.807) is 35.0 Å². The molecule has 0 aliphatic heterocycles. The summed E-state index contributed by atoms with van der Waals surface area (Å²) in [5.74, 6) is 0.952. The molecule has 11 nitrogen and oxygen atoms in total. The fraction of sp³-hybridized carbons (Fsp3) is 0.286. The van der Waals surface area contributed by atoms with Gasteiger partial charge in [-0.3, -0.25) is 32.2 Å². The van der Waals surface area contributed by atoms with Gasteiger partial charge in [0.2, 0.25) is 0 Å². The highest BCUT2D eigenvalue weighted by Crippen LogP contribution is 2.28. The minimum Gasteiger partial charge on any atom is -0.340 e. The molecule has 0 amide bonds. The number of amidine groups is 2. The number of H-pyrrole nitrogens is 1. The van der Waals surface area contributed by atoms with Gasteiger partial charge in [0.1, 0.15) is 29.1 Å². The predicted molar refractivity (Wildman–Crippen MR) is 119 cm³/mol. The highest BCUT2D eigenvalue weighted by Gasteiger charge is 2.23. The van der Waals surface area contributed by atoms with Crippen molar-refractivity contribution >= 4 is 33.7 Å². The number of aromatic nitrogens is 5. The quantitative estimate of drug-likeness (QED) is 0.133. The van der Waals surface area contributed by atoms with Crippen LogP contribution in [-0.4, -0.2) is 47.0 Å². The fourth-order valence-corrected chi connectivity index (χ4v) is 3.66. The Balaban J connectivity index is 1.81. The highest BCUT2D eigenvalue weighted by molar-refractivity contribution is 5.99. The Labute approximate surface area is 183 Å². The summed E-state index contributed by atoms with van der Waals surface area (Å²) in [4.78, 5) is 8.12. The molecule has 2 aromatic heterocycles. The van der Waals surface area contributed by atoms with Crippen molar-refractivity contribution in [1.82, 2.24) is 35.9 Å². The summed E-state index contributed by atoms with van der Waals surface area (Å²) in [6.07, 6.45) is 1.69. The molecule has 0 saturated carbocycles. The standard InChI is InChI=1S/C21H25N9O2/c1-11(2)3-8-17(21-24-14-6-4-12(19(22)27-31)9-16(14)25-21)30-18-10-13(20(23)28-32)5-7-15(18)26-29-30/h4-7,9-11,17,31-32H,3,8H2,1-2H3,(H2,22,27)(H2,23,28)(H,24,25). The largest absolute Gasteiger partial charge is 0.340 e. The van der Waals surface area contributed by atoms with Crippen molar-refractivity contribution in [3.8, 4) is 0 Å². The molecule has 4 rings (SSSR count). The van der Waals surface area contributed by atoms with E-state index in [0.717, 1.165) is 23.9 Å². The molecular weight excluding hydrogens is 410 g/mol. The Morgan fingerprint density at radius 3 is 2.38 bits per heavy atom. The molecule has 11 heteroatoms. The van der Waals surface area contributed by atoms with Crippen LogP contribution >= 0.6 is 0 Å². The third-order valence-electron chi connectivity index (χ3n) is 5.40. The van der Waals surface area contributed by atoms with Gasteiger partial charge in [-0.25, -0.2) is 9.67 Å². The van der Waals surface area contributed by atoms with Gasteiger partial charge in [-0.2, -0.15) is 0 Å². The van der Waals surface area contributed by atoms with E-state index in [-0.39, 0.29) is 17.7 Å². The van der Waals surface area contributed by atoms with Gasteiger partial charge in [0.25, 0.3) is 0 Å². The molecule has 7 N–H and O–H groups in total. The Hall–Kier alpha value is -3.83. The Morgan fingerprint density at radius 2 is 1.69 bits per heavy atom. The average Bonchev–Trinajstić information content (AvgIpc) is 3.41. The topological polar surface area (TPSA) is 172 Å². The molecule has 0 spiro atoms. The maximum Gasteiger partial charge on any atom is 0.149 e. The van der Waals surface area contributed by atoms with Crippen LogP contribution in [0.3, 0.4) is 0 Å². The second-order valence-corrected chi connectivity index (χ2v) is 8.05. The third kappa shape index (κ3) is 4.03. The van der Waals surface area contributed by atoms with Crippen molar-refractivity contribution in [3.05, 3.63) is 53.3 Å². The van der Waals surface area contributed by atoms with Crippen LogP contribution in [0, 0.1) is 16.7 Å². The summed E-state index contributed by atoms with van der Waals surface area (Å²) in [6, 6.07) is 10.3. The van der Waals surface area contributed by atoms with Crippen LogP contribution in [-0.2, 0) is 0 Å². The van der Waals surface area contributed by atoms with Crippen LogP contribution < -0.4 is 11.0 Å². The molecule has 2 heterocycles. The molecule has 0 aliphatic rings. The van der Waals surface area contributed by atoms with Gasteiger partial charge in [-0.1, -0.05) is 19.1 Å². The van der Waals surface area contributed by atoms with Crippen LogP contribution in [0.1, 0.15) is 49.7 Å². The molecule has 0 bridgehead atoms. The molecule has 4 aromatic rings. The van der Waals surface area contributed by atoms with Crippen molar-refractivity contribution in [2.24, 2.45) is 5.92 Å². The third-order valence-corrected chi connectivity index (χ3v) is 5.40. The molecule has 0 aliphatic carbocycles. The molecule has 32 heavy (non-hydrogen) atoms. The summed E-state index contributed by atoms with van der Waals surface area (Å²) in [7, 11) is 0. The Kier molecular flexibility index (Phi) is 5.84. The Morgan fingerprint density at radius 1 is 1.00 bits per heavy atom. The molecule has 0 radical (unpaired) electrons. The van der Waals surface area contributed by atoms with Crippen LogP contribution in [0.15, 0.2) is 36.4 Å². The normalized spacial score (nSPS) is 12.4. The minimum absolute atomic E-state index is 0.109. The van der Waals surface area contributed by atoms with Crippen LogP contribution in [0.2, 0.25) is 0 Å². The molecule has 2 aromatic carbocycles. The predicted octanol–water partition coefficient (Wildman–Crippen LogP) is 2.94. The number of hydroxylamine groups is 2. The van der Waals surface area contributed by atoms with E-state index in [4.69, 9.17) is 26.2 Å². The number of benzene rings is 2. The van der Waals surface area contributed by atoms with E-state index in [9.17, 15) is 0 Å². The number of aromatic amines is 1. The maximum absolute atomic E-state index is 9.11. The highest BCUT2D eigenvalue weighted by atomic mass is 16.5. The van der Waals surface area contributed by atoms with E-state index in [1.807, 2.05) is 17.0 Å². The van der Waals surface area contributed by atoms with Gasteiger partial charge in [-0.15, -0.1) is 5.10 Å². The summed E-state index contributed by atoms with van der Waals surface area (Å²) in [5, 5.41) is 42.4. The average molecular weight is 435 g/mol. The van der Waals surface area contributed by atoms with E-state index in [2.05, 4.69) is 29.1 Å². The summed E-state index contributed by atoms with van der Waals surface area (Å²) in [6.45, 7) is 4.31. The number of nitrogens with one attached hydrogen (secondary N) is 5. The summed E-state index contributed by atoms with van der Waals surface area (Å²) in [5.41, 5.74) is 7.63. The van der Waals surface area contributed by atoms with Gasteiger partial charge in [-0.05, 0) is 55.2 Å². The molecule has 1 atom stereocenters. The van der Waals surface area contributed by atoms with E-state index >= 15 is 0 Å². The van der Waals surface area contributed by atoms with E-state index in [0.29, 0.717) is 33.9 Å². The minimum atomic E-state index is -0.236. The number of imidazole rings is 1. The lowest BCUT2D eigenvalue weighted by atomic mass is 10.0. The van der Waals surface area contributed by atoms with Gasteiger partial charge < -0.3 is 4.98 Å². The first-order chi connectivity index (χ1) is 15.4. The Bertz CT molecular complexity index is 1290. The van der Waals surface area contributed by atoms with Crippen LogP contribution in [0.4, 0.5) is 0 Å². The lowest BCUT2D eigenvalue weighted by Crippen LogP contribution is -2.19. The summed E-state index contributed by atoms with van der Waals surface area (Å²) >= 11 is 0. The van der Waals surface area contributed by atoms with Crippen LogP contribution in [0.25, 0.3) is 22.1 Å². The lowest BCUT2D eigenvalue weighted by molar-refractivity contribution is 0.234. The van der Waals surface area contributed by atoms with Crippen molar-refractivity contribution in [1.29, 1.82) is 10.8 Å². The number of fused-ring (bicyclic) bond motifs is 2. The van der Waals surface area contributed by atoms with Crippen molar-refractivity contribution in [2.45, 2.75) is 32.7 Å². The van der Waals surface area contributed by atoms with E-state index in [1.165, 1.54) is 0 Å². The first kappa shape index (κ1) is 21.4. The summed E-state index contributed by atoms with van der Waals surface area (Å²) < 4.78 is 1.79. The smallest absolute Gasteiger partial charge is 0.149 e. The zero-order chi connectivity index (χ0) is 22.8. The number of hydrogen-bond acceptors (Lipinski definition) is 7. The second kappa shape index (κ2) is 8.73.